The predicted molar refractivity (Wildman–Crippen MR) is 101 cm³/mol. The minimum Gasteiger partial charge on any atom is -0.501 e. The highest BCUT2D eigenvalue weighted by molar-refractivity contribution is 7.20. The molecule has 2 aromatic rings. The van der Waals surface area contributed by atoms with Gasteiger partial charge in [0.15, 0.2) is 0 Å². The number of carbonyl (C=O) groups is 1. The Kier molecular flexibility index (Phi) is 4.62. The second kappa shape index (κ2) is 6.45. The number of nitrogens with zero attached hydrogens (tertiary/aromatic N) is 1. The summed E-state index contributed by atoms with van der Waals surface area (Å²) < 4.78 is 11.1. The summed E-state index contributed by atoms with van der Waals surface area (Å²) in [6, 6.07) is 0. The third kappa shape index (κ3) is 3.30. The minimum atomic E-state index is -0.528. The van der Waals surface area contributed by atoms with Crippen molar-refractivity contribution in [1.29, 1.82) is 0 Å². The van der Waals surface area contributed by atoms with Crippen LogP contribution in [0.4, 0.5) is 0 Å². The summed E-state index contributed by atoms with van der Waals surface area (Å²) in [6.07, 6.45) is 4.65. The summed E-state index contributed by atoms with van der Waals surface area (Å²) in [5, 5.41) is 1.09. The highest BCUT2D eigenvalue weighted by Gasteiger charge is 2.30. The largest absolute Gasteiger partial charge is 0.501 e. The van der Waals surface area contributed by atoms with Gasteiger partial charge < -0.3 is 9.47 Å². The summed E-state index contributed by atoms with van der Waals surface area (Å²) in [4.78, 5) is 19.2. The summed E-state index contributed by atoms with van der Waals surface area (Å²) in [7, 11) is 0. The maximum atomic E-state index is 12.9. The number of fused-ring (bicyclic) bond motifs is 1. The number of aromatic nitrogens is 1. The molecular formula is C20H25NO3S. The second-order valence-electron chi connectivity index (χ2n) is 7.45. The topological polar surface area (TPSA) is 48.4 Å². The lowest BCUT2D eigenvalue weighted by molar-refractivity contribution is 0.00739. The SMILES string of the molecule is CCc1c(C)nc2sc(C(=O)OC(C)(C)C)c(C3C=COC3)c2c1C. The van der Waals surface area contributed by atoms with Crippen molar-refractivity contribution in [2.24, 2.45) is 0 Å². The zero-order chi connectivity index (χ0) is 18.4. The van der Waals surface area contributed by atoms with Gasteiger partial charge in [-0.2, -0.15) is 0 Å². The second-order valence-corrected chi connectivity index (χ2v) is 8.45. The van der Waals surface area contributed by atoms with E-state index in [1.807, 2.05) is 33.8 Å². The van der Waals surface area contributed by atoms with Gasteiger partial charge in [-0.15, -0.1) is 11.3 Å². The van der Waals surface area contributed by atoms with Crippen LogP contribution in [0.25, 0.3) is 10.2 Å². The molecule has 4 nitrogen and oxygen atoms in total. The number of rotatable bonds is 3. The van der Waals surface area contributed by atoms with Crippen LogP contribution in [0.3, 0.4) is 0 Å². The molecule has 25 heavy (non-hydrogen) atoms. The highest BCUT2D eigenvalue weighted by Crippen LogP contribution is 2.41. The monoisotopic (exact) mass is 359 g/mol. The molecule has 134 valence electrons. The normalized spacial score (nSPS) is 17.1. The Bertz CT molecular complexity index is 858. The third-order valence-electron chi connectivity index (χ3n) is 4.45. The Balaban J connectivity index is 2.26. The van der Waals surface area contributed by atoms with E-state index in [1.165, 1.54) is 22.5 Å². The van der Waals surface area contributed by atoms with Crippen molar-refractivity contribution in [1.82, 2.24) is 4.98 Å². The van der Waals surface area contributed by atoms with Crippen LogP contribution in [0, 0.1) is 13.8 Å². The Morgan fingerprint density at radius 1 is 1.40 bits per heavy atom. The molecule has 0 aliphatic carbocycles. The van der Waals surface area contributed by atoms with Gasteiger partial charge in [0.2, 0.25) is 0 Å². The van der Waals surface area contributed by atoms with Crippen LogP contribution >= 0.6 is 11.3 Å². The summed E-state index contributed by atoms with van der Waals surface area (Å²) in [5.41, 5.74) is 3.98. The number of ether oxygens (including phenoxy) is 2. The molecule has 0 amide bonds. The molecular weight excluding hydrogens is 334 g/mol. The van der Waals surface area contributed by atoms with Gasteiger partial charge in [0.1, 0.15) is 15.3 Å². The highest BCUT2D eigenvalue weighted by atomic mass is 32.1. The van der Waals surface area contributed by atoms with E-state index in [0.717, 1.165) is 27.9 Å². The fraction of sp³-hybridized carbons (Fsp3) is 0.500. The number of pyridine rings is 1. The van der Waals surface area contributed by atoms with Gasteiger partial charge in [0.05, 0.1) is 12.9 Å². The van der Waals surface area contributed by atoms with E-state index in [1.54, 1.807) is 6.26 Å². The Labute approximate surface area is 152 Å². The van der Waals surface area contributed by atoms with E-state index < -0.39 is 5.60 Å². The van der Waals surface area contributed by atoms with Crippen LogP contribution in [0.5, 0.6) is 0 Å². The molecule has 0 aromatic carbocycles. The zero-order valence-corrected chi connectivity index (χ0v) is 16.5. The average molecular weight is 359 g/mol. The van der Waals surface area contributed by atoms with Crippen LogP contribution in [0.15, 0.2) is 12.3 Å². The van der Waals surface area contributed by atoms with Crippen molar-refractivity contribution in [3.05, 3.63) is 39.6 Å². The fourth-order valence-electron chi connectivity index (χ4n) is 3.41. The predicted octanol–water partition coefficient (Wildman–Crippen LogP) is 5.06. The molecule has 0 saturated carbocycles. The van der Waals surface area contributed by atoms with Crippen molar-refractivity contribution in [2.75, 3.05) is 6.61 Å². The molecule has 3 heterocycles. The van der Waals surface area contributed by atoms with Gasteiger partial charge >= 0.3 is 5.97 Å². The van der Waals surface area contributed by atoms with E-state index in [0.29, 0.717) is 11.5 Å². The smallest absolute Gasteiger partial charge is 0.349 e. The molecule has 0 fully saturated rings. The Hall–Kier alpha value is -1.88. The molecule has 0 N–H and O–H groups in total. The van der Waals surface area contributed by atoms with Crippen molar-refractivity contribution in [3.63, 3.8) is 0 Å². The minimum absolute atomic E-state index is 0.0594. The van der Waals surface area contributed by atoms with Gasteiger partial charge in [0.25, 0.3) is 0 Å². The standard InChI is InChI=1S/C20H25NO3S/c1-7-14-11(2)15-16(13-8-9-23-10-13)17(19(22)24-20(4,5)6)25-18(15)21-12(14)3/h8-9,13H,7,10H2,1-6H3. The molecule has 1 aliphatic rings. The van der Waals surface area contributed by atoms with Crippen molar-refractivity contribution < 1.29 is 14.3 Å². The number of thiophene rings is 1. The van der Waals surface area contributed by atoms with E-state index in [2.05, 4.69) is 13.8 Å². The molecule has 1 unspecified atom stereocenters. The maximum Gasteiger partial charge on any atom is 0.349 e. The van der Waals surface area contributed by atoms with Crippen LogP contribution < -0.4 is 0 Å². The Morgan fingerprint density at radius 2 is 2.12 bits per heavy atom. The van der Waals surface area contributed by atoms with Crippen LogP contribution in [0.1, 0.15) is 65.7 Å². The van der Waals surface area contributed by atoms with Gasteiger partial charge in [0, 0.05) is 17.0 Å². The van der Waals surface area contributed by atoms with Crippen molar-refractivity contribution in [2.45, 2.75) is 59.5 Å². The van der Waals surface area contributed by atoms with Gasteiger partial charge in [-0.05, 0) is 63.8 Å². The first-order valence-electron chi connectivity index (χ1n) is 8.67. The van der Waals surface area contributed by atoms with Gasteiger partial charge in [-0.1, -0.05) is 6.92 Å². The van der Waals surface area contributed by atoms with Crippen LogP contribution in [0.2, 0.25) is 0 Å². The molecule has 0 spiro atoms. The van der Waals surface area contributed by atoms with E-state index in [-0.39, 0.29) is 11.9 Å². The van der Waals surface area contributed by atoms with E-state index >= 15 is 0 Å². The first-order valence-corrected chi connectivity index (χ1v) is 9.48. The quantitative estimate of drug-likeness (QED) is 0.719. The lowest BCUT2D eigenvalue weighted by atomic mass is 9.93. The molecule has 0 saturated heterocycles. The fourth-order valence-corrected chi connectivity index (χ4v) is 4.64. The number of hydrogen-bond donors (Lipinski definition) is 0. The molecule has 1 aliphatic heterocycles. The lowest BCUT2D eigenvalue weighted by Gasteiger charge is -2.20. The lowest BCUT2D eigenvalue weighted by Crippen LogP contribution is -2.24. The van der Waals surface area contributed by atoms with E-state index in [4.69, 9.17) is 14.5 Å². The van der Waals surface area contributed by atoms with E-state index in [9.17, 15) is 4.79 Å². The number of aryl methyl sites for hydroxylation is 2. The third-order valence-corrected chi connectivity index (χ3v) is 5.53. The first-order chi connectivity index (χ1) is 11.7. The number of esters is 1. The van der Waals surface area contributed by atoms with Gasteiger partial charge in [-0.25, -0.2) is 9.78 Å². The van der Waals surface area contributed by atoms with Gasteiger partial charge in [-0.3, -0.25) is 0 Å². The first kappa shape index (κ1) is 17.9. The van der Waals surface area contributed by atoms with Crippen molar-refractivity contribution >= 4 is 27.5 Å². The number of carbonyl (C=O) groups excluding carboxylic acids is 1. The molecule has 5 heteroatoms. The number of hydrogen-bond acceptors (Lipinski definition) is 5. The average Bonchev–Trinajstić information content (AvgIpc) is 3.12. The van der Waals surface area contributed by atoms with Crippen LogP contribution in [-0.4, -0.2) is 23.2 Å². The van der Waals surface area contributed by atoms with Crippen LogP contribution in [-0.2, 0) is 15.9 Å². The molecule has 0 bridgehead atoms. The molecule has 2 aromatic heterocycles. The summed E-state index contributed by atoms with van der Waals surface area (Å²) >= 11 is 1.43. The summed E-state index contributed by atoms with van der Waals surface area (Å²) in [6.45, 7) is 12.5. The zero-order valence-electron chi connectivity index (χ0n) is 15.7. The Morgan fingerprint density at radius 3 is 2.68 bits per heavy atom. The summed E-state index contributed by atoms with van der Waals surface area (Å²) in [5.74, 6) is -0.218. The maximum absolute atomic E-state index is 12.9. The van der Waals surface area contributed by atoms with Crippen molar-refractivity contribution in [3.8, 4) is 0 Å². The molecule has 3 rings (SSSR count). The molecule has 1 atom stereocenters. The molecule has 0 radical (unpaired) electrons.